The van der Waals surface area contributed by atoms with Crippen molar-refractivity contribution in [2.45, 2.75) is 135 Å². The third-order valence-corrected chi connectivity index (χ3v) is 9.85. The average Bonchev–Trinajstić information content (AvgIpc) is 3.00. The molecule has 4 unspecified atom stereocenters. The first-order valence-electron chi connectivity index (χ1n) is 16.7. The molecule has 0 amide bonds. The second kappa shape index (κ2) is 18.0. The van der Waals surface area contributed by atoms with E-state index in [9.17, 15) is 30.3 Å². The second-order valence-corrected chi connectivity index (χ2v) is 14.2. The summed E-state index contributed by atoms with van der Waals surface area (Å²) in [5.41, 5.74) is -3.32. The zero-order valence-corrected chi connectivity index (χ0v) is 30.2. The minimum absolute atomic E-state index is 0.00777. The number of aliphatic hydroxyl groups is 5. The summed E-state index contributed by atoms with van der Waals surface area (Å²) >= 11 is 0. The molecule has 0 aromatic carbocycles. The van der Waals surface area contributed by atoms with E-state index in [0.29, 0.717) is 18.7 Å². The molecule has 0 spiro atoms. The third-order valence-electron chi connectivity index (χ3n) is 9.85. The number of esters is 1. The highest BCUT2D eigenvalue weighted by Gasteiger charge is 2.51. The number of hydrogen-bond acceptors (Lipinski definition) is 14. The van der Waals surface area contributed by atoms with Gasteiger partial charge in [0.2, 0.25) is 6.79 Å². The highest BCUT2D eigenvalue weighted by atomic mass is 16.7. The molecule has 47 heavy (non-hydrogen) atoms. The Morgan fingerprint density at radius 2 is 1.64 bits per heavy atom. The summed E-state index contributed by atoms with van der Waals surface area (Å²) in [6.45, 7) is 13.5. The van der Waals surface area contributed by atoms with E-state index in [1.807, 2.05) is 25.9 Å². The maximum atomic E-state index is 13.4. The molecule has 2 fully saturated rings. The maximum Gasteiger partial charge on any atom is 0.311 e. The fourth-order valence-electron chi connectivity index (χ4n) is 6.93. The van der Waals surface area contributed by atoms with Gasteiger partial charge in [0, 0.05) is 30.9 Å². The summed E-state index contributed by atoms with van der Waals surface area (Å²) < 4.78 is 28.5. The minimum Gasteiger partial charge on any atom is -0.459 e. The molecule has 0 bridgehead atoms. The van der Waals surface area contributed by atoms with E-state index >= 15 is 0 Å². The quantitative estimate of drug-likeness (QED) is 0.0963. The Morgan fingerprint density at radius 3 is 2.21 bits per heavy atom. The summed E-state index contributed by atoms with van der Waals surface area (Å²) in [5.74, 6) is -4.17. The van der Waals surface area contributed by atoms with Crippen molar-refractivity contribution in [1.29, 1.82) is 0 Å². The fraction of sp³-hybridized carbons (Fsp3) is 0.939. The Hall–Kier alpha value is -1.46. The van der Waals surface area contributed by atoms with Gasteiger partial charge in [-0.3, -0.25) is 4.79 Å². The molecule has 0 radical (unpaired) electrons. The number of cyclic esters (lactones) is 1. The number of oxime groups is 1. The lowest BCUT2D eigenvalue weighted by Gasteiger charge is -2.47. The molecule has 2 rings (SSSR count). The Balaban J connectivity index is 2.61. The van der Waals surface area contributed by atoms with Gasteiger partial charge < -0.3 is 59.0 Å². The van der Waals surface area contributed by atoms with E-state index in [4.69, 9.17) is 28.5 Å². The van der Waals surface area contributed by atoms with Crippen molar-refractivity contribution in [3.05, 3.63) is 0 Å². The highest BCUT2D eigenvalue weighted by molar-refractivity contribution is 5.88. The van der Waals surface area contributed by atoms with Crippen LogP contribution in [-0.4, -0.2) is 143 Å². The van der Waals surface area contributed by atoms with Crippen molar-refractivity contribution in [3.8, 4) is 0 Å². The van der Waals surface area contributed by atoms with Crippen molar-refractivity contribution in [2.24, 2.45) is 28.8 Å². The van der Waals surface area contributed by atoms with Crippen LogP contribution in [0, 0.1) is 23.7 Å². The molecular formula is C33H62N2O12. The van der Waals surface area contributed by atoms with E-state index in [0.717, 1.165) is 0 Å². The molecule has 2 saturated heterocycles. The third kappa shape index (κ3) is 10.5. The normalized spacial score (nSPS) is 43.9. The van der Waals surface area contributed by atoms with Crippen molar-refractivity contribution < 1.29 is 58.8 Å². The second-order valence-electron chi connectivity index (χ2n) is 14.2. The lowest BCUT2D eigenvalue weighted by molar-refractivity contribution is -0.298. The van der Waals surface area contributed by atoms with Crippen LogP contribution in [0.25, 0.3) is 0 Å². The van der Waals surface area contributed by atoms with Crippen molar-refractivity contribution in [3.63, 3.8) is 0 Å². The van der Waals surface area contributed by atoms with E-state index in [1.54, 1.807) is 41.7 Å². The predicted octanol–water partition coefficient (Wildman–Crippen LogP) is 1.28. The molecule has 0 aliphatic carbocycles. The molecule has 2 aliphatic heterocycles. The smallest absolute Gasteiger partial charge is 0.311 e. The summed E-state index contributed by atoms with van der Waals surface area (Å²) in [6, 6.07) is -0.289. The monoisotopic (exact) mass is 678 g/mol. The van der Waals surface area contributed by atoms with E-state index < -0.39 is 77.7 Å². The number of hydrogen-bond donors (Lipinski definition) is 5. The molecule has 14 atom stereocenters. The summed E-state index contributed by atoms with van der Waals surface area (Å²) in [4.78, 5) is 20.8. The number of rotatable bonds is 10. The topological polar surface area (TPSA) is 189 Å². The molecule has 2 heterocycles. The van der Waals surface area contributed by atoms with Crippen LogP contribution in [0.5, 0.6) is 0 Å². The molecule has 5 N–H and O–H groups in total. The zero-order chi connectivity index (χ0) is 35.9. The van der Waals surface area contributed by atoms with Crippen molar-refractivity contribution >= 4 is 11.7 Å². The SMILES string of the molecule is CC[C@H]1OC(=O)[C@H](C)[C@@H](O)[C@H](C)[C@@H](OC2OC(C)CC(N(C)C)C2O)[C@](C)(O)C[C@@H](C)C(=NOCOCCOC)[C@H](C)[C@@H](O)[C@]1(C)O. The average molecular weight is 679 g/mol. The number of nitrogens with zero attached hydrogens (tertiary/aromatic N) is 2. The molecule has 14 heteroatoms. The zero-order valence-electron chi connectivity index (χ0n) is 30.2. The number of aliphatic hydroxyl groups excluding tert-OH is 3. The van der Waals surface area contributed by atoms with Gasteiger partial charge in [-0.15, -0.1) is 0 Å². The van der Waals surface area contributed by atoms with Crippen LogP contribution in [0.15, 0.2) is 5.16 Å². The molecule has 0 aromatic heterocycles. The van der Waals surface area contributed by atoms with Crippen LogP contribution < -0.4 is 0 Å². The molecule has 0 aromatic rings. The van der Waals surface area contributed by atoms with Gasteiger partial charge in [-0.25, -0.2) is 0 Å². The van der Waals surface area contributed by atoms with Crippen LogP contribution in [-0.2, 0) is 33.3 Å². The van der Waals surface area contributed by atoms with E-state index in [-0.39, 0.29) is 38.4 Å². The van der Waals surface area contributed by atoms with Gasteiger partial charge in [0.25, 0.3) is 0 Å². The van der Waals surface area contributed by atoms with Gasteiger partial charge in [-0.05, 0) is 61.1 Å². The van der Waals surface area contributed by atoms with Gasteiger partial charge in [-0.2, -0.15) is 0 Å². The molecule has 2 aliphatic rings. The predicted molar refractivity (Wildman–Crippen MR) is 173 cm³/mol. The van der Waals surface area contributed by atoms with Crippen LogP contribution in [0.1, 0.15) is 74.7 Å². The van der Waals surface area contributed by atoms with Crippen molar-refractivity contribution in [1.82, 2.24) is 4.90 Å². The Morgan fingerprint density at radius 1 is 1.00 bits per heavy atom. The number of carbonyl (C=O) groups excluding carboxylic acids is 1. The van der Waals surface area contributed by atoms with Gasteiger partial charge in [0.15, 0.2) is 6.29 Å². The number of ether oxygens (including phenoxy) is 5. The van der Waals surface area contributed by atoms with Crippen LogP contribution in [0.2, 0.25) is 0 Å². The first-order valence-corrected chi connectivity index (χ1v) is 16.7. The van der Waals surface area contributed by atoms with Crippen LogP contribution in [0.3, 0.4) is 0 Å². The van der Waals surface area contributed by atoms with Crippen LogP contribution >= 0.6 is 0 Å². The van der Waals surface area contributed by atoms with Crippen LogP contribution in [0.4, 0.5) is 0 Å². The number of methoxy groups -OCH3 is 1. The lowest BCUT2D eigenvalue weighted by atomic mass is 9.73. The van der Waals surface area contributed by atoms with E-state index in [1.165, 1.54) is 13.8 Å². The fourth-order valence-corrected chi connectivity index (χ4v) is 6.93. The lowest BCUT2D eigenvalue weighted by Crippen LogP contribution is -2.60. The molecular weight excluding hydrogens is 616 g/mol. The largest absolute Gasteiger partial charge is 0.459 e. The van der Waals surface area contributed by atoms with Gasteiger partial charge in [0.1, 0.15) is 17.8 Å². The highest BCUT2D eigenvalue weighted by Crippen LogP contribution is 2.38. The first-order chi connectivity index (χ1) is 21.8. The Labute approximate surface area is 280 Å². The Bertz CT molecular complexity index is 995. The maximum absolute atomic E-state index is 13.4. The van der Waals surface area contributed by atoms with Gasteiger partial charge in [-0.1, -0.05) is 32.9 Å². The van der Waals surface area contributed by atoms with Gasteiger partial charge >= 0.3 is 5.97 Å². The standard InChI is InChI=1S/C33H62N2O12/c1-12-24-33(8,41)28(38)20(4)25(34-44-17-43-14-13-42-11)18(2)16-32(7,40)29(21(5)26(36)22(6)30(39)46-24)47-31-27(37)23(35(9)10)15-19(3)45-31/h18-24,26-29,31,36-38,40-41H,12-17H2,1-11H3/t18-,19?,20+,21+,22-,23?,24-,26+,27?,28-,29-,31?,32-,33-/m1/s1. The molecule has 0 saturated carbocycles. The van der Waals surface area contributed by atoms with Crippen molar-refractivity contribution in [2.75, 3.05) is 41.2 Å². The molecule has 276 valence electrons. The first kappa shape index (κ1) is 41.7. The summed E-state index contributed by atoms with van der Waals surface area (Å²) in [6.07, 6.45) is -6.88. The number of likely N-dealkylation sites (N-methyl/N-ethyl adjacent to an activating group) is 1. The van der Waals surface area contributed by atoms with E-state index in [2.05, 4.69) is 5.16 Å². The minimum atomic E-state index is -1.91. The molecule has 14 nitrogen and oxygen atoms in total. The Kier molecular flexibility index (Phi) is 16.0. The summed E-state index contributed by atoms with van der Waals surface area (Å²) in [7, 11) is 5.25. The number of carbonyl (C=O) groups is 1. The van der Waals surface area contributed by atoms with Gasteiger partial charge in [0.05, 0.1) is 54.9 Å². The summed E-state index contributed by atoms with van der Waals surface area (Å²) in [5, 5.41) is 62.4.